The molecule has 0 aliphatic carbocycles. The Hall–Kier alpha value is -3.25. The molecule has 0 amide bonds. The van der Waals surface area contributed by atoms with E-state index >= 15 is 0 Å². The smallest absolute Gasteiger partial charge is 0.238 e. The summed E-state index contributed by atoms with van der Waals surface area (Å²) in [6.45, 7) is 0. The Kier molecular flexibility index (Phi) is 5.03. The monoisotopic (exact) mass is 420 g/mol. The number of rotatable bonds is 5. The number of nitrogens with one attached hydrogen (secondary N) is 1. The topological polar surface area (TPSA) is 113 Å². The lowest BCUT2D eigenvalue weighted by molar-refractivity contribution is 0.598. The van der Waals surface area contributed by atoms with Crippen LogP contribution in [0.5, 0.6) is 0 Å². The van der Waals surface area contributed by atoms with E-state index in [1.54, 1.807) is 23.5 Å². The molecule has 0 aliphatic rings. The molecule has 29 heavy (non-hydrogen) atoms. The summed E-state index contributed by atoms with van der Waals surface area (Å²) in [5, 5.41) is 23.9. The molecule has 0 spiro atoms. The summed E-state index contributed by atoms with van der Waals surface area (Å²) < 4.78 is 22.9. The first-order chi connectivity index (χ1) is 14.0. The molecule has 0 saturated carbocycles. The van der Waals surface area contributed by atoms with E-state index in [2.05, 4.69) is 22.3 Å². The van der Waals surface area contributed by atoms with Crippen molar-refractivity contribution in [3.63, 3.8) is 0 Å². The molecule has 6 nitrogen and oxygen atoms in total. The van der Waals surface area contributed by atoms with Crippen molar-refractivity contribution in [2.24, 2.45) is 5.14 Å². The molecule has 0 aliphatic heterocycles. The number of primary sulfonamides is 1. The highest BCUT2D eigenvalue weighted by Crippen LogP contribution is 2.33. The molecule has 0 radical (unpaired) electrons. The second kappa shape index (κ2) is 7.64. The first kappa shape index (κ1) is 19.1. The lowest BCUT2D eigenvalue weighted by Gasteiger charge is -2.05. The summed E-state index contributed by atoms with van der Waals surface area (Å²) in [5.74, 6) is 0. The van der Waals surface area contributed by atoms with Crippen molar-refractivity contribution < 1.29 is 8.42 Å². The number of aromatic amines is 1. The van der Waals surface area contributed by atoms with Crippen LogP contribution in [-0.2, 0) is 16.4 Å². The van der Waals surface area contributed by atoms with Gasteiger partial charge in [0.1, 0.15) is 0 Å². The van der Waals surface area contributed by atoms with Gasteiger partial charge >= 0.3 is 0 Å². The fourth-order valence-corrected chi connectivity index (χ4v) is 4.39. The molecule has 4 aromatic rings. The van der Waals surface area contributed by atoms with Crippen LogP contribution >= 0.6 is 11.3 Å². The quantitative estimate of drug-likeness (QED) is 0.504. The van der Waals surface area contributed by atoms with Gasteiger partial charge in [-0.1, -0.05) is 42.5 Å². The third-order valence-corrected chi connectivity index (χ3v) is 6.41. The fraction of sp³-hybridized carbons (Fsp3) is 0.0476. The zero-order chi connectivity index (χ0) is 20.4. The predicted octanol–water partition coefficient (Wildman–Crippen LogP) is 4.19. The minimum absolute atomic E-state index is 0.0342. The molecule has 3 N–H and O–H groups in total. The molecule has 8 heteroatoms. The molecule has 144 valence electrons. The van der Waals surface area contributed by atoms with Crippen molar-refractivity contribution in [3.8, 4) is 39.0 Å². The lowest BCUT2D eigenvalue weighted by atomic mass is 9.99. The largest absolute Gasteiger partial charge is 0.277 e. The molecule has 0 atom stereocenters. The maximum absolute atomic E-state index is 11.5. The molecule has 2 heterocycles. The number of sulfonamides is 1. The van der Waals surface area contributed by atoms with Gasteiger partial charge in [0.15, 0.2) is 0 Å². The summed E-state index contributed by atoms with van der Waals surface area (Å²) in [4.78, 5) is 1.22. The molecule has 4 rings (SSSR count). The number of hydrogen-bond acceptors (Lipinski definition) is 5. The molecule has 0 bridgehead atoms. The van der Waals surface area contributed by atoms with Crippen molar-refractivity contribution in [2.75, 3.05) is 0 Å². The molecular formula is C21H16N4O2S2. The van der Waals surface area contributed by atoms with E-state index in [4.69, 9.17) is 5.14 Å². The van der Waals surface area contributed by atoms with Gasteiger partial charge in [-0.15, -0.1) is 11.3 Å². The Morgan fingerprint density at radius 1 is 1.00 bits per heavy atom. The molecule has 2 aromatic carbocycles. The third kappa shape index (κ3) is 3.84. The van der Waals surface area contributed by atoms with Gasteiger partial charge in [-0.2, -0.15) is 10.4 Å². The van der Waals surface area contributed by atoms with Crippen LogP contribution < -0.4 is 5.14 Å². The number of H-pyrrole nitrogens is 1. The number of aromatic nitrogens is 2. The van der Waals surface area contributed by atoms with Gasteiger partial charge < -0.3 is 0 Å². The Labute approximate surface area is 172 Å². The maximum atomic E-state index is 11.5. The van der Waals surface area contributed by atoms with Gasteiger partial charge in [-0.05, 0) is 34.7 Å². The second-order valence-corrected chi connectivity index (χ2v) is 8.89. The molecule has 0 saturated heterocycles. The average Bonchev–Trinajstić information content (AvgIpc) is 3.38. The zero-order valence-electron chi connectivity index (χ0n) is 15.2. The summed E-state index contributed by atoms with van der Waals surface area (Å²) in [7, 11) is -3.76. The minimum Gasteiger partial charge on any atom is -0.277 e. The Morgan fingerprint density at radius 2 is 1.66 bits per heavy atom. The van der Waals surface area contributed by atoms with Crippen molar-refractivity contribution in [1.82, 2.24) is 10.2 Å². The van der Waals surface area contributed by atoms with E-state index in [0.29, 0.717) is 11.4 Å². The standard InChI is InChI=1S/C21H16N4O2S2/c22-12-11-18-20(15-5-3-14(4-6-15)19-2-1-13-28-19)24-25-21(18)16-7-9-17(10-8-16)29(23,26)27/h1-10,13H,11H2,(H,24,25)(H2,23,26,27). The van der Waals surface area contributed by atoms with Crippen LogP contribution in [0.25, 0.3) is 33.0 Å². The van der Waals surface area contributed by atoms with E-state index in [0.717, 1.165) is 22.3 Å². The van der Waals surface area contributed by atoms with Crippen molar-refractivity contribution in [3.05, 3.63) is 71.6 Å². The van der Waals surface area contributed by atoms with Crippen LogP contribution in [0.3, 0.4) is 0 Å². The minimum atomic E-state index is -3.76. The first-order valence-electron chi connectivity index (χ1n) is 8.69. The summed E-state index contributed by atoms with van der Waals surface area (Å²) in [6, 6.07) is 20.5. The van der Waals surface area contributed by atoms with E-state index in [9.17, 15) is 13.7 Å². The van der Waals surface area contributed by atoms with Crippen LogP contribution in [0, 0.1) is 11.3 Å². The molecule has 0 unspecified atom stereocenters. The van der Waals surface area contributed by atoms with Gasteiger partial charge in [0.05, 0.1) is 28.8 Å². The number of nitrogens with zero attached hydrogens (tertiary/aromatic N) is 2. The maximum Gasteiger partial charge on any atom is 0.238 e. The number of thiophene rings is 1. The van der Waals surface area contributed by atoms with Gasteiger partial charge in [0, 0.05) is 16.0 Å². The SMILES string of the molecule is N#CCc1c(-c2ccc(-c3cccs3)cc2)n[nH]c1-c1ccc(S(N)(=O)=O)cc1. The summed E-state index contributed by atoms with van der Waals surface area (Å²) >= 11 is 1.68. The van der Waals surface area contributed by atoms with Gasteiger partial charge in [-0.3, -0.25) is 5.10 Å². The van der Waals surface area contributed by atoms with Gasteiger partial charge in [0.25, 0.3) is 0 Å². The molecular weight excluding hydrogens is 404 g/mol. The lowest BCUT2D eigenvalue weighted by Crippen LogP contribution is -2.11. The van der Waals surface area contributed by atoms with Gasteiger partial charge in [-0.25, -0.2) is 13.6 Å². The zero-order valence-corrected chi connectivity index (χ0v) is 16.8. The number of nitriles is 1. The Morgan fingerprint density at radius 3 is 2.24 bits per heavy atom. The fourth-order valence-electron chi connectivity index (χ4n) is 3.14. The number of hydrogen-bond donors (Lipinski definition) is 2. The summed E-state index contributed by atoms with van der Waals surface area (Å²) in [5.41, 5.74) is 4.91. The van der Waals surface area contributed by atoms with Crippen LogP contribution in [-0.4, -0.2) is 18.6 Å². The highest BCUT2D eigenvalue weighted by atomic mass is 32.2. The number of benzene rings is 2. The van der Waals surface area contributed by atoms with Crippen molar-refractivity contribution in [1.29, 1.82) is 5.26 Å². The summed E-state index contributed by atoms with van der Waals surface area (Å²) in [6.07, 6.45) is 0.171. The van der Waals surface area contributed by atoms with Crippen molar-refractivity contribution in [2.45, 2.75) is 11.3 Å². The van der Waals surface area contributed by atoms with Crippen LogP contribution in [0.15, 0.2) is 70.9 Å². The van der Waals surface area contributed by atoms with Crippen LogP contribution in [0.1, 0.15) is 5.56 Å². The molecule has 2 aromatic heterocycles. The van der Waals surface area contributed by atoms with E-state index in [-0.39, 0.29) is 11.3 Å². The van der Waals surface area contributed by atoms with Gasteiger partial charge in [0.2, 0.25) is 10.0 Å². The first-order valence-corrected chi connectivity index (χ1v) is 11.1. The number of nitrogens with two attached hydrogens (primary N) is 1. The predicted molar refractivity (Wildman–Crippen MR) is 113 cm³/mol. The van der Waals surface area contributed by atoms with Crippen molar-refractivity contribution >= 4 is 21.4 Å². The Balaban J connectivity index is 1.73. The average molecular weight is 421 g/mol. The Bertz CT molecular complexity index is 1280. The normalized spacial score (nSPS) is 11.3. The molecule has 0 fully saturated rings. The highest BCUT2D eigenvalue weighted by Gasteiger charge is 2.17. The third-order valence-electron chi connectivity index (χ3n) is 4.56. The van der Waals surface area contributed by atoms with Crippen LogP contribution in [0.2, 0.25) is 0 Å². The van der Waals surface area contributed by atoms with E-state index < -0.39 is 10.0 Å². The highest BCUT2D eigenvalue weighted by molar-refractivity contribution is 7.89. The van der Waals surface area contributed by atoms with E-state index in [1.165, 1.54) is 17.0 Å². The van der Waals surface area contributed by atoms with E-state index in [1.807, 2.05) is 35.7 Å². The second-order valence-electron chi connectivity index (χ2n) is 6.38. The van der Waals surface area contributed by atoms with Crippen LogP contribution in [0.4, 0.5) is 0 Å².